The number of hydrogen-bond acceptors (Lipinski definition) is 2. The smallest absolute Gasteiger partial charge is 0.0581 e. The van der Waals surface area contributed by atoms with E-state index in [0.29, 0.717) is 0 Å². The van der Waals surface area contributed by atoms with Crippen molar-refractivity contribution in [1.29, 1.82) is 0 Å². The number of aromatic nitrogens is 1. The number of thiophene rings is 1. The molecule has 4 heteroatoms. The summed E-state index contributed by atoms with van der Waals surface area (Å²) >= 11 is 1.69. The van der Waals surface area contributed by atoms with Crippen LogP contribution >= 0.6 is 23.7 Å². The van der Waals surface area contributed by atoms with Crippen molar-refractivity contribution in [3.05, 3.63) is 58.4 Å². The van der Waals surface area contributed by atoms with E-state index in [0.717, 1.165) is 0 Å². The van der Waals surface area contributed by atoms with Crippen LogP contribution in [0.3, 0.4) is 0 Å². The topological polar surface area (TPSA) is 30.9 Å². The van der Waals surface area contributed by atoms with Crippen molar-refractivity contribution in [1.82, 2.24) is 4.57 Å². The van der Waals surface area contributed by atoms with Gasteiger partial charge in [0.15, 0.2) is 0 Å². The molecule has 3 aromatic rings. The fraction of sp³-hybridized carbons (Fsp3) is 0.143. The van der Waals surface area contributed by atoms with Crippen molar-refractivity contribution in [2.75, 3.05) is 0 Å². The molecular weight excluding hydrogens is 264 g/mol. The minimum atomic E-state index is -0.0349. The maximum Gasteiger partial charge on any atom is 0.0581 e. The van der Waals surface area contributed by atoms with Gasteiger partial charge in [-0.05, 0) is 34.0 Å². The summed E-state index contributed by atoms with van der Waals surface area (Å²) in [6.07, 6.45) is 2.13. The van der Waals surface area contributed by atoms with E-state index >= 15 is 0 Å². The minimum Gasteiger partial charge on any atom is -0.350 e. The van der Waals surface area contributed by atoms with E-state index in [1.807, 2.05) is 0 Å². The van der Waals surface area contributed by atoms with Crippen LogP contribution in [0.1, 0.15) is 17.2 Å². The fourth-order valence-corrected chi connectivity index (χ4v) is 2.95. The van der Waals surface area contributed by atoms with Crippen molar-refractivity contribution in [2.45, 2.75) is 6.04 Å². The molecule has 0 bridgehead atoms. The molecule has 0 aliphatic rings. The van der Waals surface area contributed by atoms with Gasteiger partial charge in [0.05, 0.1) is 6.04 Å². The summed E-state index contributed by atoms with van der Waals surface area (Å²) in [5, 5.41) is 5.43. The summed E-state index contributed by atoms with van der Waals surface area (Å²) in [5.41, 5.74) is 9.95. The predicted octanol–water partition coefficient (Wildman–Crippen LogP) is 3.71. The maximum atomic E-state index is 6.33. The molecule has 0 aliphatic heterocycles. The van der Waals surface area contributed by atoms with Gasteiger partial charge in [0.25, 0.3) is 0 Å². The molecule has 1 atom stereocenters. The third-order valence-electron chi connectivity index (χ3n) is 3.17. The Morgan fingerprint density at radius 1 is 1.22 bits per heavy atom. The first-order valence-electron chi connectivity index (χ1n) is 5.59. The Bertz CT molecular complexity index is 643. The number of rotatable bonds is 2. The van der Waals surface area contributed by atoms with Crippen molar-refractivity contribution in [3.8, 4) is 0 Å². The molecule has 0 spiro atoms. The third kappa shape index (κ3) is 2.05. The average molecular weight is 279 g/mol. The molecule has 2 N–H and O–H groups in total. The lowest BCUT2D eigenvalue weighted by Gasteiger charge is -2.08. The number of fused-ring (bicyclic) bond motifs is 1. The van der Waals surface area contributed by atoms with Crippen molar-refractivity contribution >= 4 is 34.6 Å². The van der Waals surface area contributed by atoms with Crippen LogP contribution in [0.25, 0.3) is 10.9 Å². The molecule has 0 fully saturated rings. The van der Waals surface area contributed by atoms with Gasteiger partial charge in [-0.2, -0.15) is 11.3 Å². The number of hydrogen-bond donors (Lipinski definition) is 1. The van der Waals surface area contributed by atoms with E-state index in [-0.39, 0.29) is 18.4 Å². The second-order valence-corrected chi connectivity index (χ2v) is 5.03. The molecule has 2 heterocycles. The second kappa shape index (κ2) is 5.14. The zero-order valence-corrected chi connectivity index (χ0v) is 11.7. The normalized spacial score (nSPS) is 12.3. The molecule has 94 valence electrons. The lowest BCUT2D eigenvalue weighted by Crippen LogP contribution is -2.10. The quantitative estimate of drug-likeness (QED) is 0.761. The Hall–Kier alpha value is -1.29. The summed E-state index contributed by atoms with van der Waals surface area (Å²) in [5.74, 6) is 0. The van der Waals surface area contributed by atoms with Crippen LogP contribution in [0, 0.1) is 0 Å². The van der Waals surface area contributed by atoms with Crippen LogP contribution in [0.2, 0.25) is 0 Å². The predicted molar refractivity (Wildman–Crippen MR) is 80.5 cm³/mol. The standard InChI is InChI=1S/C14H14N2S.ClH/c1-16-8-12(11-4-2-3-5-13(11)16)14(15)10-6-7-17-9-10;/h2-9,14H,15H2,1H3;1H/t14-;/m1./s1. The highest BCUT2D eigenvalue weighted by Crippen LogP contribution is 2.29. The van der Waals surface area contributed by atoms with Gasteiger partial charge in [0, 0.05) is 24.1 Å². The van der Waals surface area contributed by atoms with Crippen LogP contribution in [0.5, 0.6) is 0 Å². The van der Waals surface area contributed by atoms with Crippen LogP contribution in [-0.4, -0.2) is 4.57 Å². The van der Waals surface area contributed by atoms with E-state index in [1.54, 1.807) is 11.3 Å². The summed E-state index contributed by atoms with van der Waals surface area (Å²) < 4.78 is 2.14. The molecule has 2 nitrogen and oxygen atoms in total. The van der Waals surface area contributed by atoms with E-state index < -0.39 is 0 Å². The first kappa shape index (κ1) is 13.1. The Kier molecular flexibility index (Phi) is 3.76. The molecule has 0 amide bonds. The first-order valence-corrected chi connectivity index (χ1v) is 6.53. The van der Waals surface area contributed by atoms with Gasteiger partial charge in [-0.15, -0.1) is 12.4 Å². The largest absolute Gasteiger partial charge is 0.350 e. The molecule has 0 radical (unpaired) electrons. The van der Waals surface area contributed by atoms with Gasteiger partial charge in [-0.3, -0.25) is 0 Å². The summed E-state index contributed by atoms with van der Waals surface area (Å²) in [7, 11) is 2.06. The molecular formula is C14H15ClN2S. The van der Waals surface area contributed by atoms with E-state index in [1.165, 1.54) is 22.0 Å². The highest BCUT2D eigenvalue weighted by molar-refractivity contribution is 7.08. The van der Waals surface area contributed by atoms with Gasteiger partial charge in [0.1, 0.15) is 0 Å². The van der Waals surface area contributed by atoms with E-state index in [4.69, 9.17) is 5.73 Å². The monoisotopic (exact) mass is 278 g/mol. The third-order valence-corrected chi connectivity index (χ3v) is 3.87. The van der Waals surface area contributed by atoms with Crippen molar-refractivity contribution in [3.63, 3.8) is 0 Å². The molecule has 0 unspecified atom stereocenters. The van der Waals surface area contributed by atoms with Gasteiger partial charge >= 0.3 is 0 Å². The lowest BCUT2D eigenvalue weighted by atomic mass is 10.0. The SMILES string of the molecule is Cl.Cn1cc([C@H](N)c2ccsc2)c2ccccc21. The van der Waals surface area contributed by atoms with E-state index in [2.05, 4.69) is 58.9 Å². The minimum absolute atomic E-state index is 0. The van der Waals surface area contributed by atoms with Crippen LogP contribution in [-0.2, 0) is 7.05 Å². The maximum absolute atomic E-state index is 6.33. The molecule has 2 aromatic heterocycles. The lowest BCUT2D eigenvalue weighted by molar-refractivity contribution is 0.866. The molecule has 0 saturated carbocycles. The van der Waals surface area contributed by atoms with E-state index in [9.17, 15) is 0 Å². The Morgan fingerprint density at radius 2 is 2.00 bits per heavy atom. The van der Waals surface area contributed by atoms with Crippen LogP contribution in [0.4, 0.5) is 0 Å². The zero-order chi connectivity index (χ0) is 11.8. The number of para-hydroxylation sites is 1. The van der Waals surface area contributed by atoms with Gasteiger partial charge < -0.3 is 10.3 Å². The first-order chi connectivity index (χ1) is 8.27. The summed E-state index contributed by atoms with van der Waals surface area (Å²) in [4.78, 5) is 0. The Balaban J connectivity index is 0.00000120. The van der Waals surface area contributed by atoms with Gasteiger partial charge in [-0.1, -0.05) is 18.2 Å². The van der Waals surface area contributed by atoms with Gasteiger partial charge in [-0.25, -0.2) is 0 Å². The van der Waals surface area contributed by atoms with Crippen LogP contribution in [0.15, 0.2) is 47.3 Å². The molecule has 0 aliphatic carbocycles. The Morgan fingerprint density at radius 3 is 2.72 bits per heavy atom. The molecule has 18 heavy (non-hydrogen) atoms. The second-order valence-electron chi connectivity index (χ2n) is 4.25. The number of benzene rings is 1. The van der Waals surface area contributed by atoms with Crippen LogP contribution < -0.4 is 5.73 Å². The molecule has 1 aromatic carbocycles. The number of halogens is 1. The number of nitrogens with two attached hydrogens (primary N) is 1. The van der Waals surface area contributed by atoms with Gasteiger partial charge in [0.2, 0.25) is 0 Å². The zero-order valence-electron chi connectivity index (χ0n) is 10.0. The molecule has 0 saturated heterocycles. The average Bonchev–Trinajstić information content (AvgIpc) is 2.97. The van der Waals surface area contributed by atoms with Crippen molar-refractivity contribution in [2.24, 2.45) is 12.8 Å². The highest BCUT2D eigenvalue weighted by atomic mass is 35.5. The fourth-order valence-electron chi connectivity index (χ4n) is 2.25. The Labute approximate surface area is 116 Å². The molecule has 3 rings (SSSR count). The number of nitrogens with zero attached hydrogens (tertiary/aromatic N) is 1. The summed E-state index contributed by atoms with van der Waals surface area (Å²) in [6.45, 7) is 0. The number of aryl methyl sites for hydroxylation is 1. The van der Waals surface area contributed by atoms with Crippen molar-refractivity contribution < 1.29 is 0 Å². The highest BCUT2D eigenvalue weighted by Gasteiger charge is 2.14. The summed E-state index contributed by atoms with van der Waals surface area (Å²) in [6, 6.07) is 10.4.